The van der Waals surface area contributed by atoms with Crippen molar-refractivity contribution in [2.45, 2.75) is 11.9 Å². The van der Waals surface area contributed by atoms with Gasteiger partial charge in [-0.15, -0.1) is 0 Å². The van der Waals surface area contributed by atoms with Crippen LogP contribution in [0.1, 0.15) is 11.1 Å². The van der Waals surface area contributed by atoms with E-state index < -0.39 is 21.8 Å². The Balaban J connectivity index is 2.24. The van der Waals surface area contributed by atoms with Crippen LogP contribution in [0.3, 0.4) is 0 Å². The number of hydrogen-bond donors (Lipinski definition) is 0. The van der Waals surface area contributed by atoms with Crippen molar-refractivity contribution in [1.82, 2.24) is 0 Å². The van der Waals surface area contributed by atoms with Gasteiger partial charge in [-0.1, -0.05) is 0 Å². The van der Waals surface area contributed by atoms with E-state index in [1.807, 2.05) is 0 Å². The molecule has 0 radical (unpaired) electrons. The lowest BCUT2D eigenvalue weighted by Gasteiger charge is -2.47. The Morgan fingerprint density at radius 3 is 1.12 bits per heavy atom. The van der Waals surface area contributed by atoms with Crippen molar-refractivity contribution >= 4 is 22.9 Å². The van der Waals surface area contributed by atoms with Crippen molar-refractivity contribution in [2.75, 3.05) is 28.4 Å². The summed E-state index contributed by atoms with van der Waals surface area (Å²) in [4.78, 5) is 21.0. The summed E-state index contributed by atoms with van der Waals surface area (Å²) in [6, 6.07) is 10.9. The topological polar surface area (TPSA) is 142 Å². The molecule has 1 aliphatic heterocycles. The number of nitro groups is 2. The Kier molecular flexibility index (Phi) is 6.41. The van der Waals surface area contributed by atoms with E-state index in [2.05, 4.69) is 0 Å². The first-order valence-electron chi connectivity index (χ1n) is 9.09. The second-order valence-corrected chi connectivity index (χ2v) is 6.40. The minimum Gasteiger partial charge on any atom is -0.427 e. The smallest absolute Gasteiger partial charge is 0.427 e. The first-order chi connectivity index (χ1) is 15.3. The van der Waals surface area contributed by atoms with Gasteiger partial charge in [0, 0.05) is 63.8 Å². The lowest BCUT2D eigenvalue weighted by molar-refractivity contribution is -0.530. The van der Waals surface area contributed by atoms with Gasteiger partial charge < -0.3 is 28.4 Å². The second-order valence-electron chi connectivity index (χ2n) is 6.40. The molecular formula is C20H20N2O10. The van der Waals surface area contributed by atoms with E-state index in [0.29, 0.717) is 11.1 Å². The highest BCUT2D eigenvalue weighted by Crippen LogP contribution is 2.47. The predicted molar refractivity (Wildman–Crippen MR) is 109 cm³/mol. The first kappa shape index (κ1) is 23.1. The van der Waals surface area contributed by atoms with Crippen LogP contribution in [0.25, 0.3) is 11.5 Å². The van der Waals surface area contributed by atoms with Gasteiger partial charge >= 0.3 is 11.9 Å². The molecule has 0 aromatic heterocycles. The average molecular weight is 448 g/mol. The quantitative estimate of drug-likeness (QED) is 0.335. The summed E-state index contributed by atoms with van der Waals surface area (Å²) in [7, 11) is 5.13. The molecule has 2 aromatic carbocycles. The lowest BCUT2D eigenvalue weighted by atomic mass is 10.1. The van der Waals surface area contributed by atoms with E-state index in [1.54, 1.807) is 0 Å². The third-order valence-electron chi connectivity index (χ3n) is 4.81. The Morgan fingerprint density at radius 1 is 0.625 bits per heavy atom. The average Bonchev–Trinajstić information content (AvgIpc) is 2.83. The zero-order valence-electron chi connectivity index (χ0n) is 17.6. The number of hydrogen-bond acceptors (Lipinski definition) is 10. The van der Waals surface area contributed by atoms with Gasteiger partial charge in [0.25, 0.3) is 11.4 Å². The molecule has 0 amide bonds. The van der Waals surface area contributed by atoms with Crippen LogP contribution >= 0.6 is 0 Å². The number of nitrogens with zero attached hydrogens (tertiary/aromatic N) is 2. The molecule has 0 saturated carbocycles. The first-order valence-corrected chi connectivity index (χ1v) is 9.09. The SMILES string of the molecule is COC1(OC)OC(c2ccc([N+](=O)[O-])cc2)=C(c2ccc([N+](=O)[O-])cc2)OC1(OC)OC. The predicted octanol–water partition coefficient (Wildman–Crippen LogP) is 3.27. The number of nitro benzene ring substituents is 2. The lowest BCUT2D eigenvalue weighted by Crippen LogP contribution is -2.63. The molecule has 32 heavy (non-hydrogen) atoms. The van der Waals surface area contributed by atoms with E-state index in [0.717, 1.165) is 0 Å². The summed E-state index contributed by atoms with van der Waals surface area (Å²) >= 11 is 0. The van der Waals surface area contributed by atoms with E-state index in [-0.39, 0.29) is 22.9 Å². The number of non-ortho nitro benzene ring substituents is 2. The van der Waals surface area contributed by atoms with Crippen LogP contribution in [0.5, 0.6) is 0 Å². The molecule has 0 saturated heterocycles. The molecular weight excluding hydrogens is 428 g/mol. The fraction of sp³-hybridized carbons (Fsp3) is 0.300. The van der Waals surface area contributed by atoms with Crippen molar-refractivity contribution in [2.24, 2.45) is 0 Å². The Morgan fingerprint density at radius 2 is 0.906 bits per heavy atom. The van der Waals surface area contributed by atoms with Crippen LogP contribution in [-0.2, 0) is 28.4 Å². The Hall–Kier alpha value is -3.58. The van der Waals surface area contributed by atoms with Crippen molar-refractivity contribution in [1.29, 1.82) is 0 Å². The van der Waals surface area contributed by atoms with Gasteiger partial charge in [-0.25, -0.2) is 0 Å². The number of benzene rings is 2. The molecule has 0 unspecified atom stereocenters. The zero-order chi connectivity index (χ0) is 23.5. The van der Waals surface area contributed by atoms with Crippen molar-refractivity contribution in [3.63, 3.8) is 0 Å². The van der Waals surface area contributed by atoms with Gasteiger partial charge in [0.2, 0.25) is 0 Å². The number of rotatable bonds is 8. The molecule has 0 atom stereocenters. The molecule has 1 heterocycles. The van der Waals surface area contributed by atoms with Crippen LogP contribution < -0.4 is 0 Å². The minimum absolute atomic E-state index is 0.0715. The Bertz CT molecular complexity index is 942. The molecule has 2 aromatic rings. The minimum atomic E-state index is -2.03. The second kappa shape index (κ2) is 8.88. The van der Waals surface area contributed by atoms with Gasteiger partial charge in [0.15, 0.2) is 11.5 Å². The molecule has 0 spiro atoms. The van der Waals surface area contributed by atoms with Gasteiger partial charge in [-0.3, -0.25) is 20.2 Å². The number of ether oxygens (including phenoxy) is 6. The fourth-order valence-corrected chi connectivity index (χ4v) is 3.17. The van der Waals surface area contributed by atoms with Crippen molar-refractivity contribution in [3.8, 4) is 0 Å². The largest absolute Gasteiger partial charge is 0.427 e. The highest BCUT2D eigenvalue weighted by atomic mass is 17.0. The summed E-state index contributed by atoms with van der Waals surface area (Å²) in [5.41, 5.74) is 0.498. The molecule has 0 aliphatic carbocycles. The van der Waals surface area contributed by atoms with Crippen LogP contribution in [0.2, 0.25) is 0 Å². The van der Waals surface area contributed by atoms with Crippen molar-refractivity contribution < 1.29 is 38.3 Å². The summed E-state index contributed by atoms with van der Waals surface area (Å²) < 4.78 is 33.8. The fourth-order valence-electron chi connectivity index (χ4n) is 3.17. The molecule has 12 heteroatoms. The highest BCUT2D eigenvalue weighted by molar-refractivity contribution is 5.85. The van der Waals surface area contributed by atoms with Gasteiger partial charge in [0.05, 0.1) is 9.85 Å². The summed E-state index contributed by atoms with van der Waals surface area (Å²) in [5.74, 6) is -3.92. The summed E-state index contributed by atoms with van der Waals surface area (Å²) in [6.07, 6.45) is 0. The maximum absolute atomic E-state index is 11.0. The van der Waals surface area contributed by atoms with E-state index in [1.165, 1.54) is 77.0 Å². The van der Waals surface area contributed by atoms with Gasteiger partial charge in [0.1, 0.15) is 0 Å². The molecule has 170 valence electrons. The summed E-state index contributed by atoms with van der Waals surface area (Å²) in [6.45, 7) is 0. The Labute approximate surface area is 182 Å². The van der Waals surface area contributed by atoms with Crippen LogP contribution in [0.4, 0.5) is 11.4 Å². The van der Waals surface area contributed by atoms with E-state index in [4.69, 9.17) is 28.4 Å². The van der Waals surface area contributed by atoms with E-state index in [9.17, 15) is 20.2 Å². The van der Waals surface area contributed by atoms with Crippen molar-refractivity contribution in [3.05, 3.63) is 79.9 Å². The maximum Gasteiger partial charge on any atom is 0.427 e. The standard InChI is InChI=1S/C20H20N2O10/c1-27-19(28-2)20(29-3,30-4)32-18(14-7-11-16(12-8-14)22(25)26)17(31-19)13-5-9-15(10-6-13)21(23)24/h5-12H,1-4H3. The maximum atomic E-state index is 11.0. The third-order valence-corrected chi connectivity index (χ3v) is 4.81. The molecule has 0 fully saturated rings. The molecule has 1 aliphatic rings. The third kappa shape index (κ3) is 3.76. The van der Waals surface area contributed by atoms with Crippen LogP contribution in [0, 0.1) is 20.2 Å². The van der Waals surface area contributed by atoms with Gasteiger partial charge in [-0.2, -0.15) is 0 Å². The number of methoxy groups -OCH3 is 4. The molecule has 3 rings (SSSR count). The van der Waals surface area contributed by atoms with Gasteiger partial charge in [-0.05, 0) is 24.3 Å². The molecule has 0 bridgehead atoms. The van der Waals surface area contributed by atoms with Crippen LogP contribution in [-0.4, -0.2) is 50.2 Å². The zero-order valence-corrected chi connectivity index (χ0v) is 17.6. The molecule has 0 N–H and O–H groups in total. The monoisotopic (exact) mass is 448 g/mol. The summed E-state index contributed by atoms with van der Waals surface area (Å²) in [5, 5.41) is 22.1. The molecule has 12 nitrogen and oxygen atoms in total. The van der Waals surface area contributed by atoms with Crippen LogP contribution in [0.15, 0.2) is 48.5 Å². The normalized spacial score (nSPS) is 16.8. The highest BCUT2D eigenvalue weighted by Gasteiger charge is 2.65. The van der Waals surface area contributed by atoms with E-state index >= 15 is 0 Å².